The molecule has 148 valence electrons. The number of carbonyl (C=O) groups excluding carboxylic acids is 2. The summed E-state index contributed by atoms with van der Waals surface area (Å²) in [6.45, 7) is 4.66. The maximum Gasteiger partial charge on any atom is 0.281 e. The van der Waals surface area contributed by atoms with Crippen molar-refractivity contribution < 1.29 is 14.3 Å². The zero-order valence-corrected chi connectivity index (χ0v) is 17.9. The number of carbonyl (C=O) groups is 2. The molecule has 0 bridgehead atoms. The molecule has 1 saturated carbocycles. The van der Waals surface area contributed by atoms with Crippen molar-refractivity contribution in [3.63, 3.8) is 0 Å². The Morgan fingerprint density at radius 2 is 1.86 bits per heavy atom. The molecule has 4 rings (SSSR count). The van der Waals surface area contributed by atoms with Gasteiger partial charge in [0.2, 0.25) is 5.91 Å². The second-order valence-corrected chi connectivity index (χ2v) is 8.90. The lowest BCUT2D eigenvalue weighted by Gasteiger charge is -2.25. The minimum atomic E-state index is -0.546. The fraction of sp³-hybridized carbons (Fsp3) is 0.421. The number of aryl methyl sites for hydroxylation is 1. The van der Waals surface area contributed by atoms with Crippen LogP contribution in [0.25, 0.3) is 0 Å². The lowest BCUT2D eigenvalue weighted by Crippen LogP contribution is -2.46. The minimum absolute atomic E-state index is 0.182. The Labute approximate surface area is 175 Å². The molecular weight excluding hydrogens is 444 g/mol. The fourth-order valence-electron chi connectivity index (χ4n) is 3.31. The number of nitrogens with zero attached hydrogens (tertiary/aromatic N) is 2. The third kappa shape index (κ3) is 3.78. The molecule has 1 aromatic heterocycles. The average Bonchev–Trinajstić information content (AvgIpc) is 3.43. The molecule has 28 heavy (non-hydrogen) atoms. The van der Waals surface area contributed by atoms with Crippen molar-refractivity contribution in [1.29, 1.82) is 0 Å². The second-order valence-electron chi connectivity index (χ2n) is 7.01. The van der Waals surface area contributed by atoms with Crippen molar-refractivity contribution >= 4 is 44.2 Å². The van der Waals surface area contributed by atoms with Gasteiger partial charge in [-0.1, -0.05) is 39.4 Å². The van der Waals surface area contributed by atoms with E-state index >= 15 is 0 Å². The van der Waals surface area contributed by atoms with Crippen LogP contribution in [0.3, 0.4) is 0 Å². The predicted octanol–water partition coefficient (Wildman–Crippen LogP) is 2.54. The number of benzene rings is 1. The van der Waals surface area contributed by atoms with Crippen LogP contribution in [-0.2, 0) is 14.9 Å². The number of anilines is 1. The van der Waals surface area contributed by atoms with Crippen LogP contribution in [0.4, 0.5) is 5.13 Å². The van der Waals surface area contributed by atoms with Crippen molar-refractivity contribution in [2.24, 2.45) is 0 Å². The van der Waals surface area contributed by atoms with Gasteiger partial charge < -0.3 is 9.64 Å². The molecule has 0 atom stereocenters. The van der Waals surface area contributed by atoms with Gasteiger partial charge in [0.05, 0.1) is 24.3 Å². The van der Waals surface area contributed by atoms with E-state index in [1.165, 1.54) is 11.3 Å². The number of ether oxygens (including phenoxy) is 1. The Kier molecular flexibility index (Phi) is 5.39. The molecule has 0 radical (unpaired) electrons. The summed E-state index contributed by atoms with van der Waals surface area (Å²) >= 11 is 4.75. The van der Waals surface area contributed by atoms with Crippen molar-refractivity contribution in [3.05, 3.63) is 44.9 Å². The van der Waals surface area contributed by atoms with Gasteiger partial charge in [0.25, 0.3) is 5.91 Å². The van der Waals surface area contributed by atoms with Gasteiger partial charge in [-0.25, -0.2) is 4.98 Å². The predicted molar refractivity (Wildman–Crippen MR) is 111 cm³/mol. The van der Waals surface area contributed by atoms with E-state index in [0.29, 0.717) is 23.8 Å². The van der Waals surface area contributed by atoms with E-state index in [9.17, 15) is 9.59 Å². The van der Waals surface area contributed by atoms with E-state index in [4.69, 9.17) is 4.74 Å². The van der Waals surface area contributed by atoms with Crippen molar-refractivity contribution in [1.82, 2.24) is 15.8 Å². The number of nitrogens with one attached hydrogen (secondary N) is 2. The summed E-state index contributed by atoms with van der Waals surface area (Å²) in [5.41, 5.74) is 6.25. The number of aromatic nitrogens is 1. The number of thiazole rings is 1. The third-order valence-corrected chi connectivity index (χ3v) is 6.89. The number of amides is 2. The molecule has 1 aliphatic heterocycles. The highest BCUT2D eigenvalue weighted by molar-refractivity contribution is 9.10. The lowest BCUT2D eigenvalue weighted by molar-refractivity contribution is -0.124. The van der Waals surface area contributed by atoms with Crippen LogP contribution in [0.2, 0.25) is 0 Å². The van der Waals surface area contributed by atoms with E-state index in [1.54, 1.807) is 6.92 Å². The van der Waals surface area contributed by atoms with Crippen molar-refractivity contribution in [2.45, 2.75) is 25.2 Å². The van der Waals surface area contributed by atoms with Gasteiger partial charge in [-0.3, -0.25) is 20.4 Å². The maximum atomic E-state index is 12.7. The smallest absolute Gasteiger partial charge is 0.281 e. The molecule has 1 saturated heterocycles. The molecular formula is C19H21BrN4O3S. The summed E-state index contributed by atoms with van der Waals surface area (Å²) in [6.07, 6.45) is 1.55. The molecule has 9 heteroatoms. The van der Waals surface area contributed by atoms with Crippen LogP contribution in [0, 0.1) is 6.92 Å². The van der Waals surface area contributed by atoms with Gasteiger partial charge in [-0.2, -0.15) is 0 Å². The van der Waals surface area contributed by atoms with Crippen molar-refractivity contribution in [3.8, 4) is 0 Å². The zero-order valence-electron chi connectivity index (χ0n) is 15.5. The van der Waals surface area contributed by atoms with E-state index in [0.717, 1.165) is 41.1 Å². The van der Waals surface area contributed by atoms with Gasteiger partial charge in [-0.05, 0) is 37.5 Å². The Morgan fingerprint density at radius 1 is 1.18 bits per heavy atom. The van der Waals surface area contributed by atoms with E-state index in [2.05, 4.69) is 36.7 Å². The van der Waals surface area contributed by atoms with Crippen LogP contribution in [-0.4, -0.2) is 43.1 Å². The molecule has 1 aliphatic carbocycles. The van der Waals surface area contributed by atoms with Crippen LogP contribution >= 0.6 is 27.3 Å². The first-order valence-electron chi connectivity index (χ1n) is 9.16. The number of morpholine rings is 1. The van der Waals surface area contributed by atoms with Gasteiger partial charge in [-0.15, -0.1) is 0 Å². The first-order chi connectivity index (χ1) is 13.5. The molecule has 2 aromatic rings. The van der Waals surface area contributed by atoms with Gasteiger partial charge in [0, 0.05) is 17.6 Å². The highest BCUT2D eigenvalue weighted by atomic mass is 79.9. The highest BCUT2D eigenvalue weighted by Gasteiger charge is 2.51. The summed E-state index contributed by atoms with van der Waals surface area (Å²) in [5.74, 6) is -0.520. The van der Waals surface area contributed by atoms with Crippen LogP contribution < -0.4 is 15.8 Å². The summed E-state index contributed by atoms with van der Waals surface area (Å²) in [7, 11) is 0. The van der Waals surface area contributed by atoms with E-state index in [1.807, 2.05) is 24.3 Å². The molecule has 1 aromatic carbocycles. The monoisotopic (exact) mass is 464 g/mol. The number of hydrogen-bond acceptors (Lipinski definition) is 6. The van der Waals surface area contributed by atoms with E-state index in [-0.39, 0.29) is 11.8 Å². The van der Waals surface area contributed by atoms with Gasteiger partial charge in [0.1, 0.15) is 4.88 Å². The molecule has 0 unspecified atom stereocenters. The Bertz CT molecular complexity index is 889. The van der Waals surface area contributed by atoms with Crippen LogP contribution in [0.1, 0.15) is 33.8 Å². The normalized spacial score (nSPS) is 17.9. The molecule has 2 heterocycles. The third-order valence-electron chi connectivity index (χ3n) is 5.14. The summed E-state index contributed by atoms with van der Waals surface area (Å²) < 4.78 is 6.33. The summed E-state index contributed by atoms with van der Waals surface area (Å²) in [4.78, 5) is 32.4. The molecule has 2 aliphatic rings. The molecule has 2 N–H and O–H groups in total. The van der Waals surface area contributed by atoms with Crippen LogP contribution in [0.15, 0.2) is 28.7 Å². The summed E-state index contributed by atoms with van der Waals surface area (Å²) in [6, 6.07) is 7.74. The van der Waals surface area contributed by atoms with Crippen LogP contribution in [0.5, 0.6) is 0 Å². The maximum absolute atomic E-state index is 12.7. The first kappa shape index (κ1) is 19.4. The number of rotatable bonds is 4. The molecule has 2 fully saturated rings. The minimum Gasteiger partial charge on any atom is -0.378 e. The fourth-order valence-corrected chi connectivity index (χ4v) is 4.59. The Hall–Kier alpha value is -1.97. The second kappa shape index (κ2) is 7.81. The quantitative estimate of drug-likeness (QED) is 0.679. The molecule has 2 amide bonds. The molecule has 0 spiro atoms. The van der Waals surface area contributed by atoms with Gasteiger partial charge >= 0.3 is 0 Å². The van der Waals surface area contributed by atoms with Crippen molar-refractivity contribution in [2.75, 3.05) is 31.2 Å². The highest BCUT2D eigenvalue weighted by Crippen LogP contribution is 2.48. The lowest BCUT2D eigenvalue weighted by atomic mass is 9.95. The van der Waals surface area contributed by atoms with E-state index < -0.39 is 5.41 Å². The number of hydrazine groups is 1. The topological polar surface area (TPSA) is 83.6 Å². The number of hydrogen-bond donors (Lipinski definition) is 2. The largest absolute Gasteiger partial charge is 0.378 e. The SMILES string of the molecule is Cc1nc(N2CCOCC2)sc1C(=O)NNC(=O)C1(c2ccc(Br)cc2)CC1. The Morgan fingerprint density at radius 3 is 2.50 bits per heavy atom. The standard InChI is InChI=1S/C19H21BrN4O3S/c1-12-15(28-18(21-12)24-8-10-27-11-9-24)16(25)22-23-17(26)19(6-7-19)13-2-4-14(20)5-3-13/h2-5H,6-11H2,1H3,(H,22,25)(H,23,26). The van der Waals surface area contributed by atoms with Gasteiger partial charge in [0.15, 0.2) is 5.13 Å². The Balaban J connectivity index is 1.40. The number of halogens is 1. The zero-order chi connectivity index (χ0) is 19.7. The summed E-state index contributed by atoms with van der Waals surface area (Å²) in [5, 5.41) is 0.811. The average molecular weight is 465 g/mol. The first-order valence-corrected chi connectivity index (χ1v) is 10.8. The molecule has 7 nitrogen and oxygen atoms in total.